The Kier molecular flexibility index (Phi) is 7.27. The zero-order valence-corrected chi connectivity index (χ0v) is 21.7. The van der Waals surface area contributed by atoms with E-state index in [4.69, 9.17) is 21.7 Å². The summed E-state index contributed by atoms with van der Waals surface area (Å²) in [6, 6.07) is 23.3. The molecule has 0 atom stereocenters. The van der Waals surface area contributed by atoms with Crippen molar-refractivity contribution in [1.29, 1.82) is 5.41 Å². The van der Waals surface area contributed by atoms with Crippen LogP contribution in [0.5, 0.6) is 5.75 Å². The van der Waals surface area contributed by atoms with Crippen LogP contribution in [0, 0.1) is 12.3 Å². The fourth-order valence-electron chi connectivity index (χ4n) is 3.60. The second kappa shape index (κ2) is 10.7. The Morgan fingerprint density at radius 2 is 1.89 bits per heavy atom. The zero-order chi connectivity index (χ0) is 25.1. The van der Waals surface area contributed by atoms with Crippen LogP contribution in [0.15, 0.2) is 88.5 Å². The summed E-state index contributed by atoms with van der Waals surface area (Å²) in [6.07, 6.45) is 1.60. The smallest absolute Gasteiger partial charge is 0.283 e. The van der Waals surface area contributed by atoms with Crippen molar-refractivity contribution in [2.45, 2.75) is 19.3 Å². The Balaban J connectivity index is 1.37. The van der Waals surface area contributed by atoms with Crippen LogP contribution in [-0.4, -0.2) is 26.3 Å². The molecule has 3 aromatic carbocycles. The molecule has 0 fully saturated rings. The number of nitrogens with zero attached hydrogens (tertiary/aromatic N) is 3. The number of carbonyl (C=O) groups is 1. The minimum atomic E-state index is -0.493. The van der Waals surface area contributed by atoms with Gasteiger partial charge in [-0.05, 0) is 59.7 Å². The van der Waals surface area contributed by atoms with Gasteiger partial charge in [0, 0.05) is 16.3 Å². The first kappa shape index (κ1) is 24.4. The van der Waals surface area contributed by atoms with E-state index in [1.807, 2.05) is 61.5 Å². The molecular weight excluding hydrogens is 512 g/mol. The average molecular weight is 533 g/mol. The van der Waals surface area contributed by atoms with Crippen molar-refractivity contribution < 1.29 is 9.53 Å². The second-order valence-electron chi connectivity index (χ2n) is 8.06. The van der Waals surface area contributed by atoms with Crippen molar-refractivity contribution in [3.8, 4) is 5.75 Å². The third kappa shape index (κ3) is 5.41. The van der Waals surface area contributed by atoms with Gasteiger partial charge in [-0.25, -0.2) is 0 Å². The highest BCUT2D eigenvalue weighted by molar-refractivity contribution is 8.45. The number of halogens is 1. The Morgan fingerprint density at radius 3 is 2.69 bits per heavy atom. The van der Waals surface area contributed by atoms with Crippen LogP contribution < -0.4 is 4.74 Å². The minimum Gasteiger partial charge on any atom is -0.488 e. The van der Waals surface area contributed by atoms with Crippen LogP contribution in [0.2, 0.25) is 5.02 Å². The molecule has 6 nitrogen and oxygen atoms in total. The van der Waals surface area contributed by atoms with Gasteiger partial charge in [0.25, 0.3) is 5.91 Å². The molecule has 180 valence electrons. The molecule has 2 aliphatic rings. The number of aliphatic imine (C=N–C) groups is 1. The predicted octanol–water partition coefficient (Wildman–Crippen LogP) is 6.74. The molecular formula is C27H21ClN4O2S2. The molecule has 1 amide bonds. The standard InChI is InChI=1S/C27H21ClN4O2S2/c1-17-7-5-6-10-19(17)15-34-23-12-11-21(28)13-20(23)14-22-24(29)32-26(30-25(22)33)36-27(31-32)35-16-18-8-3-2-4-9-18/h2-14,29H,15-16H2,1H3/b22-14-,29-24?. The summed E-state index contributed by atoms with van der Waals surface area (Å²) in [5.74, 6) is 0.775. The highest BCUT2D eigenvalue weighted by Crippen LogP contribution is 2.35. The Bertz CT molecular complexity index is 1440. The van der Waals surface area contributed by atoms with Crippen molar-refractivity contribution in [2.24, 2.45) is 10.1 Å². The maximum absolute atomic E-state index is 12.9. The molecule has 9 heteroatoms. The summed E-state index contributed by atoms with van der Waals surface area (Å²) >= 11 is 9.10. The summed E-state index contributed by atoms with van der Waals surface area (Å²) in [4.78, 5) is 17.1. The van der Waals surface area contributed by atoms with Crippen LogP contribution in [-0.2, 0) is 17.2 Å². The average Bonchev–Trinajstić information content (AvgIpc) is 3.29. The number of hydrogen-bond donors (Lipinski definition) is 1. The highest BCUT2D eigenvalue weighted by atomic mass is 35.5. The molecule has 0 radical (unpaired) electrons. The molecule has 2 aliphatic heterocycles. The maximum atomic E-state index is 12.9. The summed E-state index contributed by atoms with van der Waals surface area (Å²) < 4.78 is 6.82. The molecule has 3 aromatic rings. The molecule has 0 saturated carbocycles. The van der Waals surface area contributed by atoms with Crippen LogP contribution in [0.4, 0.5) is 0 Å². The lowest BCUT2D eigenvalue weighted by molar-refractivity contribution is -0.114. The lowest BCUT2D eigenvalue weighted by atomic mass is 10.1. The van der Waals surface area contributed by atoms with E-state index in [-0.39, 0.29) is 11.4 Å². The summed E-state index contributed by atoms with van der Waals surface area (Å²) in [5, 5.41) is 15.5. The van der Waals surface area contributed by atoms with E-state index in [9.17, 15) is 4.79 Å². The zero-order valence-electron chi connectivity index (χ0n) is 19.3. The molecule has 0 bridgehead atoms. The van der Waals surface area contributed by atoms with E-state index in [2.05, 4.69) is 10.1 Å². The SMILES string of the molecule is Cc1ccccc1COc1ccc(Cl)cc1/C=C1/C(=N)N2N=C(SCc3ccccc3)SC2=NC1=O. The van der Waals surface area contributed by atoms with E-state index in [1.54, 1.807) is 36.0 Å². The van der Waals surface area contributed by atoms with Crippen LogP contribution in [0.3, 0.4) is 0 Å². The largest absolute Gasteiger partial charge is 0.488 e. The van der Waals surface area contributed by atoms with Gasteiger partial charge in [0.1, 0.15) is 12.4 Å². The van der Waals surface area contributed by atoms with Crippen molar-refractivity contribution in [1.82, 2.24) is 5.01 Å². The van der Waals surface area contributed by atoms with Gasteiger partial charge < -0.3 is 4.74 Å². The summed E-state index contributed by atoms with van der Waals surface area (Å²) in [6.45, 7) is 2.40. The van der Waals surface area contributed by atoms with Gasteiger partial charge in [0.2, 0.25) is 5.17 Å². The number of ether oxygens (including phenoxy) is 1. The van der Waals surface area contributed by atoms with Crippen molar-refractivity contribution in [2.75, 3.05) is 0 Å². The van der Waals surface area contributed by atoms with Gasteiger partial charge in [-0.15, -0.1) is 5.10 Å². The molecule has 0 saturated heterocycles. The van der Waals surface area contributed by atoms with Gasteiger partial charge >= 0.3 is 0 Å². The third-order valence-corrected chi connectivity index (χ3v) is 7.91. The number of nitrogens with one attached hydrogen (secondary N) is 1. The molecule has 0 aliphatic carbocycles. The van der Waals surface area contributed by atoms with Crippen LogP contribution in [0.25, 0.3) is 6.08 Å². The lowest BCUT2D eigenvalue weighted by Crippen LogP contribution is -2.35. The first-order chi connectivity index (χ1) is 17.5. The Labute approximate surface area is 222 Å². The number of amides is 1. The molecule has 0 aromatic heterocycles. The van der Waals surface area contributed by atoms with Crippen LogP contribution >= 0.6 is 35.1 Å². The molecule has 0 unspecified atom stereocenters. The quantitative estimate of drug-likeness (QED) is 0.356. The van der Waals surface area contributed by atoms with Crippen LogP contribution in [0.1, 0.15) is 22.3 Å². The number of amidine groups is 2. The number of rotatable bonds is 6. The number of fused-ring (bicyclic) bond motifs is 1. The molecule has 2 heterocycles. The molecule has 0 spiro atoms. The molecule has 1 N–H and O–H groups in total. The highest BCUT2D eigenvalue weighted by Gasteiger charge is 2.36. The van der Waals surface area contributed by atoms with E-state index >= 15 is 0 Å². The van der Waals surface area contributed by atoms with E-state index < -0.39 is 5.91 Å². The van der Waals surface area contributed by atoms with Crippen molar-refractivity contribution in [3.63, 3.8) is 0 Å². The second-order valence-corrected chi connectivity index (χ2v) is 10.7. The summed E-state index contributed by atoms with van der Waals surface area (Å²) in [7, 11) is 0. The fourth-order valence-corrected chi connectivity index (χ4v) is 5.66. The third-order valence-electron chi connectivity index (χ3n) is 5.56. The fraction of sp³-hybridized carbons (Fsp3) is 0.111. The van der Waals surface area contributed by atoms with Gasteiger partial charge in [-0.1, -0.05) is 78.0 Å². The number of hydrazone groups is 1. The Hall–Kier alpha value is -3.33. The lowest BCUT2D eigenvalue weighted by Gasteiger charge is -2.20. The van der Waals surface area contributed by atoms with E-state index in [0.29, 0.717) is 28.1 Å². The van der Waals surface area contributed by atoms with Gasteiger partial charge in [0.05, 0.1) is 5.57 Å². The number of carbonyl (C=O) groups excluding carboxylic acids is 1. The number of thioether (sulfide) groups is 2. The first-order valence-corrected chi connectivity index (χ1v) is 13.3. The number of hydrogen-bond acceptors (Lipinski definition) is 6. The normalized spacial score (nSPS) is 16.2. The predicted molar refractivity (Wildman–Crippen MR) is 150 cm³/mol. The molecule has 5 rings (SSSR count). The van der Waals surface area contributed by atoms with E-state index in [1.165, 1.54) is 22.3 Å². The van der Waals surface area contributed by atoms with Gasteiger partial charge in [-0.3, -0.25) is 10.2 Å². The summed E-state index contributed by atoms with van der Waals surface area (Å²) in [5.41, 5.74) is 4.08. The number of benzene rings is 3. The van der Waals surface area contributed by atoms with E-state index in [0.717, 1.165) is 21.3 Å². The van der Waals surface area contributed by atoms with Crippen molar-refractivity contribution >= 4 is 62.5 Å². The maximum Gasteiger partial charge on any atom is 0.283 e. The minimum absolute atomic E-state index is 0.0300. The van der Waals surface area contributed by atoms with Crippen molar-refractivity contribution in [3.05, 3.63) is 106 Å². The van der Waals surface area contributed by atoms with Gasteiger partial charge in [0.15, 0.2) is 10.2 Å². The topological polar surface area (TPSA) is 78.1 Å². The first-order valence-electron chi connectivity index (χ1n) is 11.1. The van der Waals surface area contributed by atoms with Gasteiger partial charge in [-0.2, -0.15) is 10.0 Å². The number of aryl methyl sites for hydroxylation is 1. The Morgan fingerprint density at radius 1 is 1.11 bits per heavy atom. The monoisotopic (exact) mass is 532 g/mol. The molecule has 36 heavy (non-hydrogen) atoms.